The van der Waals surface area contributed by atoms with E-state index in [9.17, 15) is 18.4 Å². The van der Waals surface area contributed by atoms with Crippen molar-refractivity contribution in [2.75, 3.05) is 31.1 Å². The lowest BCUT2D eigenvalue weighted by molar-refractivity contribution is -0.123. The van der Waals surface area contributed by atoms with Crippen LogP contribution in [-0.2, 0) is 9.59 Å². The van der Waals surface area contributed by atoms with E-state index in [1.807, 2.05) is 0 Å². The SMILES string of the molecule is Cl.NCC(F)(F)CNC(=O)CCN1C(=O)COc2ccccc21. The highest BCUT2D eigenvalue weighted by Crippen LogP contribution is 2.31. The number of nitrogens with one attached hydrogen (secondary N) is 1. The molecule has 0 spiro atoms. The van der Waals surface area contributed by atoms with Crippen LogP contribution in [0.4, 0.5) is 14.5 Å². The number of nitrogens with two attached hydrogens (primary N) is 1. The van der Waals surface area contributed by atoms with E-state index in [4.69, 9.17) is 10.5 Å². The summed E-state index contributed by atoms with van der Waals surface area (Å²) in [5, 5.41) is 2.11. The first-order valence-electron chi connectivity index (χ1n) is 6.80. The minimum absolute atomic E-state index is 0. The molecule has 128 valence electrons. The molecule has 0 fully saturated rings. The fraction of sp³-hybridized carbons (Fsp3) is 0.429. The third-order valence-corrected chi connectivity index (χ3v) is 3.21. The molecule has 0 saturated carbocycles. The van der Waals surface area contributed by atoms with Gasteiger partial charge in [0.2, 0.25) is 5.91 Å². The summed E-state index contributed by atoms with van der Waals surface area (Å²) in [4.78, 5) is 24.9. The highest BCUT2D eigenvalue weighted by atomic mass is 35.5. The van der Waals surface area contributed by atoms with Gasteiger partial charge < -0.3 is 20.7 Å². The van der Waals surface area contributed by atoms with Gasteiger partial charge in [-0.2, -0.15) is 0 Å². The van der Waals surface area contributed by atoms with Crippen LogP contribution in [0.5, 0.6) is 5.75 Å². The summed E-state index contributed by atoms with van der Waals surface area (Å²) < 4.78 is 31.2. The van der Waals surface area contributed by atoms with Crippen LogP contribution in [0.25, 0.3) is 0 Å². The molecule has 2 rings (SSSR count). The van der Waals surface area contributed by atoms with Gasteiger partial charge in [-0.15, -0.1) is 12.4 Å². The third-order valence-electron chi connectivity index (χ3n) is 3.21. The normalized spacial score (nSPS) is 13.7. The molecule has 1 aliphatic heterocycles. The molecule has 0 bridgehead atoms. The molecule has 23 heavy (non-hydrogen) atoms. The number of carbonyl (C=O) groups excluding carboxylic acids is 2. The molecule has 0 aliphatic carbocycles. The number of carbonyl (C=O) groups is 2. The number of amides is 2. The van der Waals surface area contributed by atoms with E-state index in [0.717, 1.165) is 0 Å². The quantitative estimate of drug-likeness (QED) is 0.800. The van der Waals surface area contributed by atoms with Gasteiger partial charge in [-0.05, 0) is 12.1 Å². The largest absolute Gasteiger partial charge is 0.482 e. The Labute approximate surface area is 138 Å². The minimum atomic E-state index is -3.13. The number of anilines is 1. The number of hydrogen-bond donors (Lipinski definition) is 2. The Morgan fingerprint density at radius 1 is 1.39 bits per heavy atom. The number of fused-ring (bicyclic) bond motifs is 1. The lowest BCUT2D eigenvalue weighted by atomic mass is 10.2. The second-order valence-electron chi connectivity index (χ2n) is 4.89. The van der Waals surface area contributed by atoms with E-state index in [1.165, 1.54) is 4.90 Å². The number of halogens is 3. The number of alkyl halides is 2. The van der Waals surface area contributed by atoms with Crippen molar-refractivity contribution in [3.63, 3.8) is 0 Å². The molecule has 9 heteroatoms. The second-order valence-corrected chi connectivity index (χ2v) is 4.89. The van der Waals surface area contributed by atoms with E-state index in [2.05, 4.69) is 5.32 Å². The second kappa shape index (κ2) is 8.07. The molecule has 0 saturated heterocycles. The Morgan fingerprint density at radius 2 is 2.09 bits per heavy atom. The van der Waals surface area contributed by atoms with Gasteiger partial charge in [-0.1, -0.05) is 12.1 Å². The summed E-state index contributed by atoms with van der Waals surface area (Å²) in [6, 6.07) is 6.94. The van der Waals surface area contributed by atoms with Crippen molar-refractivity contribution in [2.45, 2.75) is 12.3 Å². The molecule has 1 aromatic rings. The van der Waals surface area contributed by atoms with Gasteiger partial charge in [0.25, 0.3) is 11.8 Å². The zero-order valence-electron chi connectivity index (χ0n) is 12.3. The molecule has 0 radical (unpaired) electrons. The lowest BCUT2D eigenvalue weighted by Gasteiger charge is -2.29. The maximum absolute atomic E-state index is 12.9. The molecular weight excluding hydrogens is 332 g/mol. The van der Waals surface area contributed by atoms with Crippen LogP contribution in [0.3, 0.4) is 0 Å². The van der Waals surface area contributed by atoms with Crippen molar-refractivity contribution in [2.24, 2.45) is 5.73 Å². The Kier molecular flexibility index (Phi) is 6.71. The average Bonchev–Trinajstić information content (AvgIpc) is 2.52. The van der Waals surface area contributed by atoms with E-state index < -0.39 is 24.9 Å². The van der Waals surface area contributed by atoms with Crippen molar-refractivity contribution in [1.29, 1.82) is 0 Å². The molecule has 1 heterocycles. The van der Waals surface area contributed by atoms with Crippen LogP contribution in [-0.4, -0.2) is 44.0 Å². The smallest absolute Gasteiger partial charge is 0.277 e. The maximum atomic E-state index is 12.9. The Balaban J connectivity index is 0.00000264. The van der Waals surface area contributed by atoms with Crippen LogP contribution < -0.4 is 20.7 Å². The summed E-state index contributed by atoms with van der Waals surface area (Å²) in [5.74, 6) is -3.42. The van der Waals surface area contributed by atoms with Gasteiger partial charge in [-0.3, -0.25) is 9.59 Å². The molecule has 1 aliphatic rings. The van der Waals surface area contributed by atoms with Crippen LogP contribution in [0.1, 0.15) is 6.42 Å². The molecule has 0 atom stereocenters. The summed E-state index contributed by atoms with van der Waals surface area (Å²) in [6.45, 7) is -1.65. The lowest BCUT2D eigenvalue weighted by Crippen LogP contribution is -2.44. The summed E-state index contributed by atoms with van der Waals surface area (Å²) in [6.07, 6.45) is -0.0826. The van der Waals surface area contributed by atoms with E-state index in [1.54, 1.807) is 24.3 Å². The molecule has 2 amide bonds. The number of nitrogens with zero attached hydrogens (tertiary/aromatic N) is 1. The van der Waals surface area contributed by atoms with E-state index >= 15 is 0 Å². The number of benzene rings is 1. The summed E-state index contributed by atoms with van der Waals surface area (Å²) >= 11 is 0. The highest BCUT2D eigenvalue weighted by Gasteiger charge is 2.28. The zero-order chi connectivity index (χ0) is 16.2. The Bertz CT molecular complexity index is 572. The Morgan fingerprint density at radius 3 is 2.78 bits per heavy atom. The van der Waals surface area contributed by atoms with Crippen molar-refractivity contribution in [3.05, 3.63) is 24.3 Å². The number of ether oxygens (including phenoxy) is 1. The fourth-order valence-electron chi connectivity index (χ4n) is 2.00. The highest BCUT2D eigenvalue weighted by molar-refractivity contribution is 5.98. The first-order valence-corrected chi connectivity index (χ1v) is 6.80. The van der Waals surface area contributed by atoms with Gasteiger partial charge in [0.15, 0.2) is 6.61 Å². The van der Waals surface area contributed by atoms with Gasteiger partial charge >= 0.3 is 0 Å². The first-order chi connectivity index (χ1) is 10.4. The van der Waals surface area contributed by atoms with Crippen molar-refractivity contribution >= 4 is 29.9 Å². The van der Waals surface area contributed by atoms with Gasteiger partial charge in [0.1, 0.15) is 5.75 Å². The third kappa shape index (κ3) is 5.04. The molecule has 0 unspecified atom stereocenters. The van der Waals surface area contributed by atoms with Gasteiger partial charge in [0, 0.05) is 13.0 Å². The van der Waals surface area contributed by atoms with E-state index in [-0.39, 0.29) is 37.9 Å². The van der Waals surface area contributed by atoms with E-state index in [0.29, 0.717) is 11.4 Å². The van der Waals surface area contributed by atoms with Gasteiger partial charge in [-0.25, -0.2) is 8.78 Å². The molecule has 1 aromatic carbocycles. The molecular formula is C14H18ClF2N3O3. The number of para-hydroxylation sites is 2. The topological polar surface area (TPSA) is 84.7 Å². The fourth-order valence-corrected chi connectivity index (χ4v) is 2.00. The standard InChI is InChI=1S/C14H17F2N3O3.ClH/c15-14(16,8-17)9-18-12(20)5-6-19-10-3-1-2-4-11(10)22-7-13(19)21;/h1-4H,5-9,17H2,(H,18,20);1H. The minimum Gasteiger partial charge on any atom is -0.482 e. The van der Waals surface area contributed by atoms with Crippen molar-refractivity contribution in [1.82, 2.24) is 5.32 Å². The monoisotopic (exact) mass is 349 g/mol. The first kappa shape index (κ1) is 19.1. The zero-order valence-corrected chi connectivity index (χ0v) is 13.1. The van der Waals surface area contributed by atoms with Crippen molar-refractivity contribution in [3.8, 4) is 5.75 Å². The Hall–Kier alpha value is -1.93. The predicted molar refractivity (Wildman–Crippen MR) is 83.2 cm³/mol. The van der Waals surface area contributed by atoms with Crippen molar-refractivity contribution < 1.29 is 23.1 Å². The van der Waals surface area contributed by atoms with Crippen LogP contribution in [0, 0.1) is 0 Å². The number of rotatable bonds is 6. The predicted octanol–water partition coefficient (Wildman–Crippen LogP) is 0.934. The van der Waals surface area contributed by atoms with Crippen LogP contribution in [0.15, 0.2) is 24.3 Å². The molecule has 0 aromatic heterocycles. The number of hydrogen-bond acceptors (Lipinski definition) is 4. The van der Waals surface area contributed by atoms with Crippen LogP contribution >= 0.6 is 12.4 Å². The molecule has 3 N–H and O–H groups in total. The van der Waals surface area contributed by atoms with Gasteiger partial charge in [0.05, 0.1) is 18.8 Å². The average molecular weight is 350 g/mol. The maximum Gasteiger partial charge on any atom is 0.277 e. The summed E-state index contributed by atoms with van der Waals surface area (Å²) in [5.41, 5.74) is 5.45. The molecule has 6 nitrogen and oxygen atoms in total. The summed E-state index contributed by atoms with van der Waals surface area (Å²) in [7, 11) is 0. The van der Waals surface area contributed by atoms with Crippen LogP contribution in [0.2, 0.25) is 0 Å².